The van der Waals surface area contributed by atoms with E-state index in [-0.39, 0.29) is 37.0 Å². The first-order chi connectivity index (χ1) is 13.9. The smallest absolute Gasteiger partial charge is 0.289 e. The Kier molecular flexibility index (Phi) is 5.09. The molecule has 0 saturated carbocycles. The summed E-state index contributed by atoms with van der Waals surface area (Å²) in [6.07, 6.45) is 3.04. The highest BCUT2D eigenvalue weighted by Gasteiger charge is 2.35. The maximum atomic E-state index is 12.9. The van der Waals surface area contributed by atoms with Gasteiger partial charge in [-0.2, -0.15) is 9.40 Å². The molecule has 2 aliphatic rings. The summed E-state index contributed by atoms with van der Waals surface area (Å²) in [7, 11) is -4.02. The van der Waals surface area contributed by atoms with E-state index in [0.717, 1.165) is 31.5 Å². The Hall–Kier alpha value is -2.79. The Bertz CT molecular complexity index is 1030. The summed E-state index contributed by atoms with van der Waals surface area (Å²) < 4.78 is 28.8. The van der Waals surface area contributed by atoms with Gasteiger partial charge in [-0.3, -0.25) is 19.6 Å². The van der Waals surface area contributed by atoms with Gasteiger partial charge in [-0.1, -0.05) is 12.1 Å². The second-order valence-corrected chi connectivity index (χ2v) is 9.03. The molecule has 154 valence electrons. The van der Waals surface area contributed by atoms with E-state index in [2.05, 4.69) is 5.10 Å². The third kappa shape index (κ3) is 3.62. The molecule has 1 aromatic heterocycles. The number of amides is 1. The molecule has 10 nitrogen and oxygen atoms in total. The number of aromatic nitrogens is 2. The molecule has 0 spiro atoms. The lowest BCUT2D eigenvalue weighted by molar-refractivity contribution is -0.387. The average molecular weight is 419 g/mol. The molecule has 29 heavy (non-hydrogen) atoms. The second kappa shape index (κ2) is 7.56. The highest BCUT2D eigenvalue weighted by atomic mass is 32.2. The Labute approximate surface area is 167 Å². The number of para-hydroxylation sites is 1. The predicted octanol–water partition coefficient (Wildman–Crippen LogP) is 1.27. The van der Waals surface area contributed by atoms with Crippen LogP contribution in [-0.2, 0) is 23.0 Å². The zero-order chi connectivity index (χ0) is 20.6. The van der Waals surface area contributed by atoms with Gasteiger partial charge >= 0.3 is 0 Å². The highest BCUT2D eigenvalue weighted by Crippen LogP contribution is 2.27. The van der Waals surface area contributed by atoms with E-state index in [1.807, 2.05) is 10.7 Å². The summed E-state index contributed by atoms with van der Waals surface area (Å²) in [5.74, 6) is -0.213. The van der Waals surface area contributed by atoms with Crippen LogP contribution in [0.3, 0.4) is 0 Å². The Morgan fingerprint density at radius 2 is 1.79 bits per heavy atom. The first kappa shape index (κ1) is 19.5. The molecule has 1 saturated heterocycles. The Morgan fingerprint density at radius 3 is 2.48 bits per heavy atom. The number of nitrogens with zero attached hydrogens (tertiary/aromatic N) is 5. The molecule has 0 aliphatic carbocycles. The summed E-state index contributed by atoms with van der Waals surface area (Å²) >= 11 is 0. The van der Waals surface area contributed by atoms with Crippen LogP contribution in [0.2, 0.25) is 0 Å². The second-order valence-electron chi connectivity index (χ2n) is 7.12. The van der Waals surface area contributed by atoms with Crippen molar-refractivity contribution in [2.24, 2.45) is 0 Å². The molecule has 4 rings (SSSR count). The lowest BCUT2D eigenvalue weighted by atomic mass is 10.1. The van der Waals surface area contributed by atoms with Crippen molar-refractivity contribution in [3.05, 3.63) is 51.8 Å². The molecule has 1 amide bonds. The van der Waals surface area contributed by atoms with Crippen molar-refractivity contribution in [3.8, 4) is 0 Å². The molecule has 1 aromatic carbocycles. The first-order valence-electron chi connectivity index (χ1n) is 9.47. The zero-order valence-electron chi connectivity index (χ0n) is 15.7. The number of nitro benzene ring substituents is 1. The molecule has 2 aliphatic heterocycles. The van der Waals surface area contributed by atoms with Crippen LogP contribution >= 0.6 is 0 Å². The van der Waals surface area contributed by atoms with Crippen molar-refractivity contribution in [3.63, 3.8) is 0 Å². The van der Waals surface area contributed by atoms with Crippen molar-refractivity contribution in [1.82, 2.24) is 19.0 Å². The number of carbonyl (C=O) groups is 1. The van der Waals surface area contributed by atoms with Gasteiger partial charge in [0, 0.05) is 44.5 Å². The Balaban J connectivity index is 1.47. The van der Waals surface area contributed by atoms with Crippen LogP contribution < -0.4 is 0 Å². The molecule has 2 aromatic rings. The number of fused-ring (bicyclic) bond motifs is 1. The lowest BCUT2D eigenvalue weighted by Gasteiger charge is -2.33. The van der Waals surface area contributed by atoms with Crippen LogP contribution in [-0.4, -0.2) is 64.4 Å². The number of hydrogen-bond donors (Lipinski definition) is 0. The third-order valence-corrected chi connectivity index (χ3v) is 7.29. The number of sulfonamides is 1. The van der Waals surface area contributed by atoms with Gasteiger partial charge in [0.25, 0.3) is 11.6 Å². The first-order valence-corrected chi connectivity index (χ1v) is 10.9. The van der Waals surface area contributed by atoms with E-state index in [1.165, 1.54) is 28.6 Å². The van der Waals surface area contributed by atoms with E-state index in [4.69, 9.17) is 0 Å². The van der Waals surface area contributed by atoms with Crippen molar-refractivity contribution in [2.45, 2.75) is 30.7 Å². The largest absolute Gasteiger partial charge is 0.335 e. The van der Waals surface area contributed by atoms with Crippen LogP contribution in [0, 0.1) is 10.1 Å². The van der Waals surface area contributed by atoms with Gasteiger partial charge in [0.05, 0.1) is 4.92 Å². The van der Waals surface area contributed by atoms with Crippen LogP contribution in [0.5, 0.6) is 0 Å². The van der Waals surface area contributed by atoms with E-state index in [0.29, 0.717) is 5.69 Å². The molecule has 0 N–H and O–H groups in total. The molecule has 1 fully saturated rings. The topological polar surface area (TPSA) is 119 Å². The SMILES string of the molecule is O=C(c1cc2n(n1)CCCC2)N1CCN(S(=O)(=O)c2ccccc2[N+](=O)[O-])CC1. The fourth-order valence-electron chi connectivity index (χ4n) is 3.78. The minimum atomic E-state index is -4.02. The van der Waals surface area contributed by atoms with Crippen LogP contribution in [0.25, 0.3) is 0 Å². The zero-order valence-corrected chi connectivity index (χ0v) is 16.5. The number of hydrogen-bond acceptors (Lipinski definition) is 6. The fourth-order valence-corrected chi connectivity index (χ4v) is 5.36. The Morgan fingerprint density at radius 1 is 1.07 bits per heavy atom. The summed E-state index contributed by atoms with van der Waals surface area (Å²) in [5.41, 5.74) is 0.990. The number of nitro groups is 1. The quantitative estimate of drug-likeness (QED) is 0.544. The average Bonchev–Trinajstić information content (AvgIpc) is 3.17. The molecule has 0 bridgehead atoms. The third-order valence-electron chi connectivity index (χ3n) is 5.34. The standard InChI is InChI=1S/C18H21N5O5S/c24-18(15-13-14-5-3-4-8-22(14)19-15)20-9-11-21(12-10-20)29(27,28)17-7-2-1-6-16(17)23(25)26/h1-2,6-7,13H,3-5,8-12H2. The molecule has 0 atom stereocenters. The molecule has 0 radical (unpaired) electrons. The number of carbonyl (C=O) groups excluding carboxylic acids is 1. The summed E-state index contributed by atoms with van der Waals surface area (Å²) in [6, 6.07) is 7.12. The predicted molar refractivity (Wildman–Crippen MR) is 103 cm³/mol. The maximum Gasteiger partial charge on any atom is 0.289 e. The van der Waals surface area contributed by atoms with E-state index in [9.17, 15) is 23.3 Å². The minimum Gasteiger partial charge on any atom is -0.335 e. The van der Waals surface area contributed by atoms with Gasteiger partial charge in [0.15, 0.2) is 10.6 Å². The van der Waals surface area contributed by atoms with E-state index >= 15 is 0 Å². The normalized spacial score (nSPS) is 17.7. The molecule has 11 heteroatoms. The van der Waals surface area contributed by atoms with Gasteiger partial charge in [-0.15, -0.1) is 0 Å². The number of piperazine rings is 1. The van der Waals surface area contributed by atoms with Gasteiger partial charge in [-0.25, -0.2) is 8.42 Å². The number of benzene rings is 1. The van der Waals surface area contributed by atoms with Crippen molar-refractivity contribution >= 4 is 21.6 Å². The van der Waals surface area contributed by atoms with E-state index in [1.54, 1.807) is 4.90 Å². The highest BCUT2D eigenvalue weighted by molar-refractivity contribution is 7.89. The van der Waals surface area contributed by atoms with Gasteiger partial charge in [-0.05, 0) is 31.4 Å². The number of aryl methyl sites for hydroxylation is 2. The fraction of sp³-hybridized carbons (Fsp3) is 0.444. The van der Waals surface area contributed by atoms with Crippen molar-refractivity contribution < 1.29 is 18.1 Å². The van der Waals surface area contributed by atoms with Gasteiger partial charge < -0.3 is 4.90 Å². The minimum absolute atomic E-state index is 0.0771. The monoisotopic (exact) mass is 419 g/mol. The maximum absolute atomic E-state index is 12.9. The summed E-state index contributed by atoms with van der Waals surface area (Å²) in [6.45, 7) is 1.38. The number of rotatable bonds is 4. The van der Waals surface area contributed by atoms with E-state index < -0.39 is 20.6 Å². The molecular formula is C18H21N5O5S. The van der Waals surface area contributed by atoms with Gasteiger partial charge in [0.2, 0.25) is 10.0 Å². The molecular weight excluding hydrogens is 398 g/mol. The molecule has 0 unspecified atom stereocenters. The van der Waals surface area contributed by atoms with Crippen molar-refractivity contribution in [2.75, 3.05) is 26.2 Å². The summed E-state index contributed by atoms with van der Waals surface area (Å²) in [5, 5.41) is 15.6. The van der Waals surface area contributed by atoms with Crippen molar-refractivity contribution in [1.29, 1.82) is 0 Å². The van der Waals surface area contributed by atoms with Crippen LogP contribution in [0.15, 0.2) is 35.2 Å². The van der Waals surface area contributed by atoms with Crippen LogP contribution in [0.1, 0.15) is 29.0 Å². The summed E-state index contributed by atoms with van der Waals surface area (Å²) in [4.78, 5) is 24.5. The lowest BCUT2D eigenvalue weighted by Crippen LogP contribution is -2.50. The van der Waals surface area contributed by atoms with Gasteiger partial charge in [0.1, 0.15) is 0 Å². The van der Waals surface area contributed by atoms with Crippen LogP contribution in [0.4, 0.5) is 5.69 Å². The molecule has 3 heterocycles.